The van der Waals surface area contributed by atoms with Gasteiger partial charge in [0, 0.05) is 42.8 Å². The number of hydrogen-bond donors (Lipinski definition) is 1. The van der Waals surface area contributed by atoms with Gasteiger partial charge in [-0.05, 0) is 36.4 Å². The minimum absolute atomic E-state index is 0.173. The lowest BCUT2D eigenvalue weighted by Gasteiger charge is -2.34. The molecule has 2 amide bonds. The molecule has 0 atom stereocenters. The number of anilines is 2. The Hall–Kier alpha value is -2.77. The molecule has 0 bridgehead atoms. The zero-order chi connectivity index (χ0) is 19.5. The second kappa shape index (κ2) is 8.08. The van der Waals surface area contributed by atoms with E-state index in [9.17, 15) is 4.79 Å². The fourth-order valence-electron chi connectivity index (χ4n) is 3.01. The highest BCUT2D eigenvalue weighted by Crippen LogP contribution is 2.29. The molecule has 4 rings (SSSR count). The summed E-state index contributed by atoms with van der Waals surface area (Å²) in [7, 11) is 0. The maximum atomic E-state index is 12.3. The summed E-state index contributed by atoms with van der Waals surface area (Å²) in [4.78, 5) is 16.1. The van der Waals surface area contributed by atoms with E-state index in [2.05, 4.69) is 20.4 Å². The van der Waals surface area contributed by atoms with Crippen LogP contribution in [0.1, 0.15) is 0 Å². The first kappa shape index (κ1) is 18.6. The van der Waals surface area contributed by atoms with Gasteiger partial charge in [-0.25, -0.2) is 4.79 Å². The van der Waals surface area contributed by atoms with Gasteiger partial charge in [-0.2, -0.15) is 0 Å². The van der Waals surface area contributed by atoms with Crippen LogP contribution in [0.15, 0.2) is 53.1 Å². The summed E-state index contributed by atoms with van der Waals surface area (Å²) in [6.07, 6.45) is 1.52. The first-order valence-corrected chi connectivity index (χ1v) is 9.49. The van der Waals surface area contributed by atoms with Crippen LogP contribution in [-0.2, 0) is 0 Å². The molecule has 1 saturated heterocycles. The SMILES string of the molecule is O=C(Nc1ccco1)N1CCN(c2ccc(-c3ccc(Cl)cc3Cl)nn2)CC1. The van der Waals surface area contributed by atoms with Crippen molar-refractivity contribution in [2.45, 2.75) is 0 Å². The molecule has 7 nitrogen and oxygen atoms in total. The maximum absolute atomic E-state index is 12.3. The molecule has 0 aliphatic carbocycles. The smallest absolute Gasteiger partial charge is 0.324 e. The Morgan fingerprint density at radius 2 is 1.86 bits per heavy atom. The van der Waals surface area contributed by atoms with Crippen LogP contribution < -0.4 is 10.2 Å². The Bertz CT molecular complexity index is 955. The number of carbonyl (C=O) groups is 1. The number of rotatable bonds is 3. The molecule has 0 spiro atoms. The van der Waals surface area contributed by atoms with Crippen molar-refractivity contribution in [1.82, 2.24) is 15.1 Å². The van der Waals surface area contributed by atoms with E-state index < -0.39 is 0 Å². The fraction of sp³-hybridized carbons (Fsp3) is 0.211. The highest BCUT2D eigenvalue weighted by atomic mass is 35.5. The summed E-state index contributed by atoms with van der Waals surface area (Å²) < 4.78 is 5.14. The highest BCUT2D eigenvalue weighted by Gasteiger charge is 2.22. The molecule has 2 aromatic heterocycles. The van der Waals surface area contributed by atoms with Crippen molar-refractivity contribution in [3.63, 3.8) is 0 Å². The first-order chi connectivity index (χ1) is 13.6. The molecule has 1 N–H and O–H groups in total. The number of urea groups is 1. The zero-order valence-electron chi connectivity index (χ0n) is 14.8. The Kier molecular flexibility index (Phi) is 5.36. The molecule has 1 aliphatic rings. The van der Waals surface area contributed by atoms with Gasteiger partial charge in [-0.15, -0.1) is 10.2 Å². The number of carbonyl (C=O) groups excluding carboxylic acids is 1. The number of nitrogens with one attached hydrogen (secondary N) is 1. The molecular formula is C19H17Cl2N5O2. The third-order valence-corrected chi connectivity index (χ3v) is 5.05. The second-order valence-corrected chi connectivity index (χ2v) is 7.13. The third-order valence-electron chi connectivity index (χ3n) is 4.50. The van der Waals surface area contributed by atoms with Gasteiger partial charge in [0.25, 0.3) is 0 Å². The topological polar surface area (TPSA) is 74.5 Å². The van der Waals surface area contributed by atoms with E-state index in [0.29, 0.717) is 47.8 Å². The van der Waals surface area contributed by atoms with Gasteiger partial charge in [0.1, 0.15) is 0 Å². The standard InChI is InChI=1S/C19H17Cl2N5O2/c20-13-3-4-14(15(21)12-13)16-5-6-17(24-23-16)25-7-9-26(10-8-25)19(27)22-18-2-1-11-28-18/h1-6,11-12H,7-10H2,(H,22,27). The van der Waals surface area contributed by atoms with E-state index in [1.165, 1.54) is 6.26 Å². The van der Waals surface area contributed by atoms with Gasteiger partial charge in [0.15, 0.2) is 5.82 Å². The molecule has 3 heterocycles. The van der Waals surface area contributed by atoms with Crippen molar-refractivity contribution in [2.75, 3.05) is 36.4 Å². The van der Waals surface area contributed by atoms with Gasteiger partial charge in [0.2, 0.25) is 5.88 Å². The summed E-state index contributed by atoms with van der Waals surface area (Å²) in [5.41, 5.74) is 1.46. The van der Waals surface area contributed by atoms with Crippen molar-refractivity contribution >= 4 is 40.9 Å². The summed E-state index contributed by atoms with van der Waals surface area (Å²) in [5, 5.41) is 12.5. The molecular weight excluding hydrogens is 401 g/mol. The molecule has 1 aromatic carbocycles. The van der Waals surface area contributed by atoms with E-state index in [0.717, 1.165) is 11.4 Å². The maximum Gasteiger partial charge on any atom is 0.324 e. The Morgan fingerprint density at radius 1 is 1.04 bits per heavy atom. The Morgan fingerprint density at radius 3 is 2.50 bits per heavy atom. The van der Waals surface area contributed by atoms with Crippen molar-refractivity contribution in [1.29, 1.82) is 0 Å². The van der Waals surface area contributed by atoms with Crippen molar-refractivity contribution < 1.29 is 9.21 Å². The first-order valence-electron chi connectivity index (χ1n) is 8.74. The quantitative estimate of drug-likeness (QED) is 0.683. The number of benzene rings is 1. The van der Waals surface area contributed by atoms with Crippen LogP contribution in [-0.4, -0.2) is 47.3 Å². The van der Waals surface area contributed by atoms with Crippen LogP contribution in [0.25, 0.3) is 11.3 Å². The molecule has 28 heavy (non-hydrogen) atoms. The van der Waals surface area contributed by atoms with Gasteiger partial charge in [-0.1, -0.05) is 23.2 Å². The van der Waals surface area contributed by atoms with Gasteiger partial charge in [-0.3, -0.25) is 5.32 Å². The predicted octanol–water partition coefficient (Wildman–Crippen LogP) is 4.40. The molecule has 144 valence electrons. The molecule has 1 fully saturated rings. The summed E-state index contributed by atoms with van der Waals surface area (Å²) in [5.74, 6) is 1.20. The van der Waals surface area contributed by atoms with E-state index in [1.807, 2.05) is 18.2 Å². The minimum Gasteiger partial charge on any atom is -0.449 e. The number of furan rings is 1. The van der Waals surface area contributed by atoms with E-state index in [4.69, 9.17) is 27.6 Å². The van der Waals surface area contributed by atoms with Crippen LogP contribution in [0.2, 0.25) is 10.0 Å². The van der Waals surface area contributed by atoms with Crippen LogP contribution in [0, 0.1) is 0 Å². The number of aromatic nitrogens is 2. The van der Waals surface area contributed by atoms with Crippen molar-refractivity contribution in [3.05, 3.63) is 58.8 Å². The lowest BCUT2D eigenvalue weighted by atomic mass is 10.1. The highest BCUT2D eigenvalue weighted by molar-refractivity contribution is 6.36. The molecule has 0 radical (unpaired) electrons. The van der Waals surface area contributed by atoms with E-state index in [1.54, 1.807) is 29.2 Å². The van der Waals surface area contributed by atoms with Gasteiger partial charge in [0.05, 0.1) is 17.0 Å². The predicted molar refractivity (Wildman–Crippen MR) is 109 cm³/mol. The average molecular weight is 418 g/mol. The molecule has 0 unspecified atom stereocenters. The Labute approximate surface area is 171 Å². The summed E-state index contributed by atoms with van der Waals surface area (Å²) >= 11 is 12.2. The largest absolute Gasteiger partial charge is 0.449 e. The van der Waals surface area contributed by atoms with Crippen LogP contribution >= 0.6 is 23.2 Å². The number of piperazine rings is 1. The van der Waals surface area contributed by atoms with E-state index in [-0.39, 0.29) is 6.03 Å². The lowest BCUT2D eigenvalue weighted by Crippen LogP contribution is -2.50. The summed E-state index contributed by atoms with van der Waals surface area (Å²) in [6.45, 7) is 2.50. The number of amides is 2. The normalized spacial score (nSPS) is 14.2. The number of hydrogen-bond acceptors (Lipinski definition) is 5. The monoisotopic (exact) mass is 417 g/mol. The van der Waals surface area contributed by atoms with Gasteiger partial charge < -0.3 is 14.2 Å². The molecule has 0 saturated carbocycles. The number of halogens is 2. The molecule has 9 heteroatoms. The van der Waals surface area contributed by atoms with Crippen LogP contribution in [0.5, 0.6) is 0 Å². The van der Waals surface area contributed by atoms with Crippen LogP contribution in [0.3, 0.4) is 0 Å². The van der Waals surface area contributed by atoms with Crippen LogP contribution in [0.4, 0.5) is 16.5 Å². The molecule has 3 aromatic rings. The minimum atomic E-state index is -0.173. The zero-order valence-corrected chi connectivity index (χ0v) is 16.3. The molecule has 1 aliphatic heterocycles. The number of nitrogens with zero attached hydrogens (tertiary/aromatic N) is 4. The fourth-order valence-corrected chi connectivity index (χ4v) is 3.51. The lowest BCUT2D eigenvalue weighted by molar-refractivity contribution is 0.207. The average Bonchev–Trinajstić information content (AvgIpc) is 3.21. The van der Waals surface area contributed by atoms with Crippen molar-refractivity contribution in [3.8, 4) is 11.3 Å². The second-order valence-electron chi connectivity index (χ2n) is 6.28. The third kappa shape index (κ3) is 4.05. The van der Waals surface area contributed by atoms with Gasteiger partial charge >= 0.3 is 6.03 Å². The van der Waals surface area contributed by atoms with Crippen molar-refractivity contribution in [2.24, 2.45) is 0 Å². The summed E-state index contributed by atoms with van der Waals surface area (Å²) in [6, 6.07) is 12.3. The van der Waals surface area contributed by atoms with E-state index >= 15 is 0 Å². The Balaban J connectivity index is 1.37.